The van der Waals surface area contributed by atoms with Crippen LogP contribution in [-0.4, -0.2) is 76.4 Å². The number of hydrogen-bond donors (Lipinski definition) is 1. The molecule has 1 N–H and O–H groups in total. The van der Waals surface area contributed by atoms with E-state index < -0.39 is 21.4 Å². The number of hydrogen-bond acceptors (Lipinski definition) is 12. The van der Waals surface area contributed by atoms with Gasteiger partial charge in [0.15, 0.2) is 17.3 Å². The highest BCUT2D eigenvalue weighted by Crippen LogP contribution is 2.34. The van der Waals surface area contributed by atoms with E-state index in [1.807, 2.05) is 13.8 Å². The van der Waals surface area contributed by atoms with Gasteiger partial charge in [-0.25, -0.2) is 23.0 Å². The molecule has 0 aliphatic carbocycles. The first-order chi connectivity index (χ1) is 18.2. The first-order valence-electron chi connectivity index (χ1n) is 11.2. The molecule has 3 aromatic heterocycles. The molecule has 0 saturated heterocycles. The standard InChI is InChI=1S/C23H29N9O5S/c1-8-9-10-16(24-4)20-29-30-23(32(20)17-21(36-6)27-13-28-22(17)37-7)31-38(33,34)15(3)18(35-5)19-25-11-14(2)12-26-19/h8-13,15,18H,4H2,1-3,5-7H3,(H,30,31)/b9-8-,16-10-/t15-,18-/m0/s1. The monoisotopic (exact) mass is 543 g/mol. The molecule has 15 heteroatoms. The van der Waals surface area contributed by atoms with Crippen molar-refractivity contribution in [3.8, 4) is 17.4 Å². The quantitative estimate of drug-likeness (QED) is 0.263. The Kier molecular flexibility index (Phi) is 9.20. The number of anilines is 1. The van der Waals surface area contributed by atoms with Crippen LogP contribution in [-0.2, 0) is 14.8 Å². The molecule has 0 aliphatic heterocycles. The molecule has 3 heterocycles. The number of ether oxygens (including phenoxy) is 3. The van der Waals surface area contributed by atoms with Crippen molar-refractivity contribution in [3.05, 3.63) is 54.2 Å². The Labute approximate surface area is 220 Å². The van der Waals surface area contributed by atoms with E-state index in [1.54, 1.807) is 30.6 Å². The van der Waals surface area contributed by atoms with Gasteiger partial charge in [-0.05, 0) is 39.1 Å². The van der Waals surface area contributed by atoms with Crippen LogP contribution in [0, 0.1) is 6.92 Å². The molecular weight excluding hydrogens is 514 g/mol. The summed E-state index contributed by atoms with van der Waals surface area (Å²) in [7, 11) is 0.00576. The van der Waals surface area contributed by atoms with Crippen LogP contribution in [0.4, 0.5) is 5.95 Å². The van der Waals surface area contributed by atoms with Crippen molar-refractivity contribution in [2.75, 3.05) is 26.1 Å². The minimum absolute atomic E-state index is 0.0728. The number of aromatic nitrogens is 7. The Hall–Kier alpha value is -4.24. The summed E-state index contributed by atoms with van der Waals surface area (Å²) in [5.74, 6) is 0.283. The summed E-state index contributed by atoms with van der Waals surface area (Å²) in [5, 5.41) is 7.12. The van der Waals surface area contributed by atoms with Crippen molar-refractivity contribution in [3.63, 3.8) is 0 Å². The molecule has 0 fully saturated rings. The predicted octanol–water partition coefficient (Wildman–Crippen LogP) is 2.31. The number of aryl methyl sites for hydroxylation is 1. The largest absolute Gasteiger partial charge is 0.479 e. The molecule has 0 unspecified atom stereocenters. The topological polar surface area (TPSA) is 168 Å². The second kappa shape index (κ2) is 12.3. The average Bonchev–Trinajstić information content (AvgIpc) is 3.31. The van der Waals surface area contributed by atoms with Crippen LogP contribution < -0.4 is 14.2 Å². The Balaban J connectivity index is 2.18. The maximum absolute atomic E-state index is 13.6. The van der Waals surface area contributed by atoms with E-state index in [4.69, 9.17) is 14.2 Å². The number of sulfonamides is 1. The van der Waals surface area contributed by atoms with Crippen LogP contribution in [0.1, 0.15) is 37.2 Å². The zero-order chi connectivity index (χ0) is 27.9. The fraction of sp³-hybridized carbons (Fsp3) is 0.348. The third kappa shape index (κ3) is 5.84. The Morgan fingerprint density at radius 2 is 1.74 bits per heavy atom. The van der Waals surface area contributed by atoms with Crippen LogP contribution >= 0.6 is 0 Å². The minimum atomic E-state index is -4.17. The minimum Gasteiger partial charge on any atom is -0.479 e. The summed E-state index contributed by atoms with van der Waals surface area (Å²) in [6.45, 7) is 8.72. The van der Waals surface area contributed by atoms with Gasteiger partial charge in [-0.15, -0.1) is 10.2 Å². The zero-order valence-electron chi connectivity index (χ0n) is 21.9. The molecule has 3 aromatic rings. The third-order valence-corrected chi connectivity index (χ3v) is 7.03. The molecule has 0 aromatic carbocycles. The average molecular weight is 544 g/mol. The summed E-state index contributed by atoms with van der Waals surface area (Å²) >= 11 is 0. The normalized spacial score (nSPS) is 13.8. The molecule has 14 nitrogen and oxygen atoms in total. The molecule has 0 saturated carbocycles. The van der Waals surface area contributed by atoms with Gasteiger partial charge in [0.1, 0.15) is 23.4 Å². The number of rotatable bonds is 12. The van der Waals surface area contributed by atoms with Gasteiger partial charge in [0.05, 0.1) is 14.2 Å². The maximum atomic E-state index is 13.6. The smallest absolute Gasteiger partial charge is 0.245 e. The number of allylic oxidation sites excluding steroid dienone is 3. The SMILES string of the molecule is C=N/C(=C\C=C/C)c1nnc(NS(=O)(=O)[C@@H](C)[C@H](OC)c2ncc(C)cn2)n1-c1c(OC)ncnc1OC. The fourth-order valence-corrected chi connectivity index (χ4v) is 4.52. The summed E-state index contributed by atoms with van der Waals surface area (Å²) in [4.78, 5) is 20.7. The summed E-state index contributed by atoms with van der Waals surface area (Å²) in [6.07, 6.45) is 8.56. The van der Waals surface area contributed by atoms with Crippen molar-refractivity contribution >= 4 is 28.4 Å². The van der Waals surface area contributed by atoms with E-state index in [-0.39, 0.29) is 40.7 Å². The number of nitrogens with zero attached hydrogens (tertiary/aromatic N) is 8. The molecule has 202 valence electrons. The van der Waals surface area contributed by atoms with Gasteiger partial charge in [-0.3, -0.25) is 9.71 Å². The van der Waals surface area contributed by atoms with Crippen molar-refractivity contribution in [2.45, 2.75) is 32.1 Å². The van der Waals surface area contributed by atoms with E-state index in [0.717, 1.165) is 5.56 Å². The number of methoxy groups -OCH3 is 3. The van der Waals surface area contributed by atoms with Gasteiger partial charge in [-0.2, -0.15) is 9.97 Å². The molecule has 2 atom stereocenters. The van der Waals surface area contributed by atoms with Gasteiger partial charge in [0.2, 0.25) is 27.7 Å². The van der Waals surface area contributed by atoms with E-state index >= 15 is 0 Å². The van der Waals surface area contributed by atoms with Crippen molar-refractivity contribution in [1.82, 2.24) is 34.7 Å². The Bertz CT molecular complexity index is 1410. The van der Waals surface area contributed by atoms with Crippen molar-refractivity contribution in [1.29, 1.82) is 0 Å². The third-order valence-electron chi connectivity index (χ3n) is 5.33. The molecule has 38 heavy (non-hydrogen) atoms. The van der Waals surface area contributed by atoms with Gasteiger partial charge >= 0.3 is 0 Å². The van der Waals surface area contributed by atoms with Crippen LogP contribution in [0.25, 0.3) is 11.4 Å². The highest BCUT2D eigenvalue weighted by atomic mass is 32.2. The van der Waals surface area contributed by atoms with Crippen LogP contribution in [0.3, 0.4) is 0 Å². The lowest BCUT2D eigenvalue weighted by Gasteiger charge is -2.22. The van der Waals surface area contributed by atoms with Gasteiger partial charge in [0, 0.05) is 19.5 Å². The van der Waals surface area contributed by atoms with Crippen LogP contribution in [0.5, 0.6) is 11.8 Å². The van der Waals surface area contributed by atoms with Crippen molar-refractivity contribution in [2.24, 2.45) is 4.99 Å². The molecular formula is C23H29N9O5S. The number of aliphatic imine (C=N–C) groups is 1. The van der Waals surface area contributed by atoms with Crippen molar-refractivity contribution < 1.29 is 22.6 Å². The Morgan fingerprint density at radius 1 is 1.11 bits per heavy atom. The molecule has 0 amide bonds. The van der Waals surface area contributed by atoms with E-state index in [1.165, 1.54) is 39.1 Å². The summed E-state index contributed by atoms with van der Waals surface area (Å²) < 4.78 is 47.3. The molecule has 0 aliphatic rings. The van der Waals surface area contributed by atoms with E-state index in [0.29, 0.717) is 0 Å². The van der Waals surface area contributed by atoms with Gasteiger partial charge in [-0.1, -0.05) is 12.2 Å². The van der Waals surface area contributed by atoms with Crippen LogP contribution in [0.2, 0.25) is 0 Å². The first kappa shape index (κ1) is 28.3. The second-order valence-electron chi connectivity index (χ2n) is 7.79. The first-order valence-corrected chi connectivity index (χ1v) is 12.8. The lowest BCUT2D eigenvalue weighted by atomic mass is 10.2. The van der Waals surface area contributed by atoms with Gasteiger partial charge < -0.3 is 14.2 Å². The van der Waals surface area contributed by atoms with E-state index in [9.17, 15) is 8.42 Å². The lowest BCUT2D eigenvalue weighted by Crippen LogP contribution is -2.33. The van der Waals surface area contributed by atoms with Gasteiger partial charge in [0.25, 0.3) is 0 Å². The fourth-order valence-electron chi connectivity index (χ4n) is 3.39. The van der Waals surface area contributed by atoms with E-state index in [2.05, 4.69) is 46.6 Å². The Morgan fingerprint density at radius 3 is 2.26 bits per heavy atom. The lowest BCUT2D eigenvalue weighted by molar-refractivity contribution is 0.0949. The zero-order valence-corrected chi connectivity index (χ0v) is 22.7. The number of nitrogens with one attached hydrogen (secondary N) is 1. The summed E-state index contributed by atoms with van der Waals surface area (Å²) in [6, 6.07) is 0. The highest BCUT2D eigenvalue weighted by Gasteiger charge is 2.35. The maximum Gasteiger partial charge on any atom is 0.245 e. The molecule has 0 spiro atoms. The highest BCUT2D eigenvalue weighted by molar-refractivity contribution is 7.93. The molecule has 3 rings (SSSR count). The predicted molar refractivity (Wildman–Crippen MR) is 141 cm³/mol. The summed E-state index contributed by atoms with van der Waals surface area (Å²) in [5.41, 5.74) is 1.25. The molecule has 0 radical (unpaired) electrons. The van der Waals surface area contributed by atoms with Crippen LogP contribution in [0.15, 0.2) is 41.9 Å². The second-order valence-corrected chi connectivity index (χ2v) is 9.82. The molecule has 0 bridgehead atoms.